The number of hydrogen-bond donors (Lipinski definition) is 1. The van der Waals surface area contributed by atoms with E-state index in [1.54, 1.807) is 4.80 Å². The van der Waals surface area contributed by atoms with Crippen molar-refractivity contribution in [2.75, 3.05) is 0 Å². The van der Waals surface area contributed by atoms with E-state index in [0.717, 1.165) is 35.9 Å². The topological polar surface area (TPSA) is 50.9 Å². The summed E-state index contributed by atoms with van der Waals surface area (Å²) in [6.45, 7) is 4.40. The molecule has 28 heavy (non-hydrogen) atoms. The third-order valence-corrected chi connectivity index (χ3v) is 5.44. The number of unbranched alkanes of at least 4 members (excludes halogenated alkanes) is 7. The van der Waals surface area contributed by atoms with Crippen molar-refractivity contribution < 1.29 is 5.11 Å². The van der Waals surface area contributed by atoms with Gasteiger partial charge in [0.2, 0.25) is 0 Å². The van der Waals surface area contributed by atoms with Gasteiger partial charge in [-0.1, -0.05) is 77.0 Å². The number of aromatic nitrogens is 3. The lowest BCUT2D eigenvalue weighted by molar-refractivity contribution is 0.458. The molecule has 150 valence electrons. The Morgan fingerprint density at radius 2 is 1.43 bits per heavy atom. The van der Waals surface area contributed by atoms with Crippen molar-refractivity contribution in [2.24, 2.45) is 0 Å². The van der Waals surface area contributed by atoms with E-state index in [1.165, 1.54) is 50.5 Å². The Morgan fingerprint density at radius 3 is 2.04 bits per heavy atom. The molecule has 1 heterocycles. The van der Waals surface area contributed by atoms with E-state index in [1.807, 2.05) is 30.3 Å². The average molecular weight is 380 g/mol. The molecule has 0 saturated heterocycles. The van der Waals surface area contributed by atoms with E-state index in [-0.39, 0.29) is 0 Å². The van der Waals surface area contributed by atoms with Gasteiger partial charge in [-0.05, 0) is 48.6 Å². The SMILES string of the molecule is CCCCCCCCCCc1cc(CC)cc(-n2nc3ccccc3n2)c1O. The highest BCUT2D eigenvalue weighted by molar-refractivity contribution is 5.73. The summed E-state index contributed by atoms with van der Waals surface area (Å²) < 4.78 is 0. The summed E-state index contributed by atoms with van der Waals surface area (Å²) in [7, 11) is 0. The van der Waals surface area contributed by atoms with E-state index in [0.29, 0.717) is 11.4 Å². The second-order valence-corrected chi connectivity index (χ2v) is 7.68. The van der Waals surface area contributed by atoms with Crippen LogP contribution >= 0.6 is 0 Å². The summed E-state index contributed by atoms with van der Waals surface area (Å²) in [5.74, 6) is 0.320. The van der Waals surface area contributed by atoms with Crippen LogP contribution in [0.25, 0.3) is 16.7 Å². The first-order valence-corrected chi connectivity index (χ1v) is 10.9. The van der Waals surface area contributed by atoms with Crippen molar-refractivity contribution >= 4 is 11.0 Å². The maximum Gasteiger partial charge on any atom is 0.146 e. The molecule has 0 spiro atoms. The molecule has 0 radical (unpaired) electrons. The number of phenolic OH excluding ortho intramolecular Hbond substituents is 1. The van der Waals surface area contributed by atoms with Gasteiger partial charge in [-0.2, -0.15) is 0 Å². The Bertz CT molecular complexity index is 852. The van der Waals surface area contributed by atoms with Gasteiger partial charge in [-0.15, -0.1) is 15.0 Å². The summed E-state index contributed by atoms with van der Waals surface area (Å²) in [4.78, 5) is 1.58. The summed E-state index contributed by atoms with van der Waals surface area (Å²) in [6, 6.07) is 11.9. The summed E-state index contributed by atoms with van der Waals surface area (Å²) in [5.41, 5.74) is 4.59. The highest BCUT2D eigenvalue weighted by atomic mass is 16.3. The first-order valence-electron chi connectivity index (χ1n) is 10.9. The normalized spacial score (nSPS) is 11.4. The van der Waals surface area contributed by atoms with Gasteiger partial charge in [0.25, 0.3) is 0 Å². The molecular weight excluding hydrogens is 346 g/mol. The number of rotatable bonds is 11. The third kappa shape index (κ3) is 5.12. The molecule has 1 aromatic heterocycles. The van der Waals surface area contributed by atoms with Gasteiger partial charge in [0.05, 0.1) is 0 Å². The first-order chi connectivity index (χ1) is 13.7. The lowest BCUT2D eigenvalue weighted by atomic mass is 10.00. The standard InChI is InChI=1S/C24H33N3O/c1-3-5-6-7-8-9-10-11-14-20-17-19(4-2)18-23(24(20)28)27-25-21-15-12-13-16-22(21)26-27/h12-13,15-18,28H,3-11,14H2,1-2H3. The van der Waals surface area contributed by atoms with E-state index in [9.17, 15) is 5.11 Å². The molecule has 0 unspecified atom stereocenters. The van der Waals surface area contributed by atoms with Crippen molar-refractivity contribution in [1.82, 2.24) is 15.0 Å². The van der Waals surface area contributed by atoms with Gasteiger partial charge in [0, 0.05) is 0 Å². The zero-order chi connectivity index (χ0) is 19.8. The van der Waals surface area contributed by atoms with Crippen molar-refractivity contribution in [3.05, 3.63) is 47.5 Å². The molecule has 0 atom stereocenters. The van der Waals surface area contributed by atoms with Crippen molar-refractivity contribution in [1.29, 1.82) is 0 Å². The number of nitrogens with zero attached hydrogens (tertiary/aromatic N) is 3. The van der Waals surface area contributed by atoms with Crippen LogP contribution in [0.3, 0.4) is 0 Å². The summed E-state index contributed by atoms with van der Waals surface area (Å²) >= 11 is 0. The molecule has 3 rings (SSSR count). The monoisotopic (exact) mass is 379 g/mol. The minimum atomic E-state index is 0.320. The second kappa shape index (κ2) is 10.3. The van der Waals surface area contributed by atoms with Gasteiger partial charge in [0.15, 0.2) is 0 Å². The number of aromatic hydroxyl groups is 1. The van der Waals surface area contributed by atoms with Crippen molar-refractivity contribution in [3.63, 3.8) is 0 Å². The Morgan fingerprint density at radius 1 is 0.821 bits per heavy atom. The molecule has 0 amide bonds. The first kappa shape index (κ1) is 20.4. The highest BCUT2D eigenvalue weighted by Crippen LogP contribution is 2.30. The second-order valence-electron chi connectivity index (χ2n) is 7.68. The van der Waals surface area contributed by atoms with Crippen LogP contribution in [0, 0.1) is 0 Å². The fourth-order valence-electron chi connectivity index (χ4n) is 3.71. The smallest absolute Gasteiger partial charge is 0.146 e. The molecule has 3 aromatic rings. The zero-order valence-corrected chi connectivity index (χ0v) is 17.3. The lowest BCUT2D eigenvalue weighted by Crippen LogP contribution is -2.03. The minimum Gasteiger partial charge on any atom is -0.505 e. The lowest BCUT2D eigenvalue weighted by Gasteiger charge is -2.12. The van der Waals surface area contributed by atoms with E-state index in [2.05, 4.69) is 30.1 Å². The summed E-state index contributed by atoms with van der Waals surface area (Å²) in [5, 5.41) is 20.0. The van der Waals surface area contributed by atoms with Crippen LogP contribution in [-0.4, -0.2) is 20.1 Å². The minimum absolute atomic E-state index is 0.320. The number of fused-ring (bicyclic) bond motifs is 1. The van der Waals surface area contributed by atoms with Crippen LogP contribution in [0.5, 0.6) is 5.75 Å². The van der Waals surface area contributed by atoms with Crippen LogP contribution in [0.4, 0.5) is 0 Å². The Hall–Kier alpha value is -2.36. The predicted octanol–water partition coefficient (Wildman–Crippen LogP) is 6.37. The largest absolute Gasteiger partial charge is 0.505 e. The Balaban J connectivity index is 1.67. The van der Waals surface area contributed by atoms with Gasteiger partial charge in [0.1, 0.15) is 22.5 Å². The maximum absolute atomic E-state index is 10.9. The van der Waals surface area contributed by atoms with E-state index < -0.39 is 0 Å². The Kier molecular flexibility index (Phi) is 7.46. The molecule has 0 aliphatic heterocycles. The number of aryl methyl sites for hydroxylation is 2. The van der Waals surface area contributed by atoms with Gasteiger partial charge >= 0.3 is 0 Å². The fourth-order valence-corrected chi connectivity index (χ4v) is 3.71. The van der Waals surface area contributed by atoms with E-state index in [4.69, 9.17) is 0 Å². The van der Waals surface area contributed by atoms with Crippen LogP contribution in [0.1, 0.15) is 76.3 Å². The molecule has 0 fully saturated rings. The molecule has 0 saturated carbocycles. The average Bonchev–Trinajstić information content (AvgIpc) is 3.15. The van der Waals surface area contributed by atoms with Crippen molar-refractivity contribution in [3.8, 4) is 11.4 Å². The molecule has 0 aliphatic carbocycles. The number of benzene rings is 2. The third-order valence-electron chi connectivity index (χ3n) is 5.44. The van der Waals surface area contributed by atoms with Crippen molar-refractivity contribution in [2.45, 2.75) is 78.1 Å². The molecule has 0 aliphatic rings. The van der Waals surface area contributed by atoms with Crippen LogP contribution < -0.4 is 0 Å². The van der Waals surface area contributed by atoms with Crippen LogP contribution in [-0.2, 0) is 12.8 Å². The van der Waals surface area contributed by atoms with Crippen LogP contribution in [0.2, 0.25) is 0 Å². The Labute approximate surface area is 168 Å². The molecule has 4 nitrogen and oxygen atoms in total. The fraction of sp³-hybridized carbons (Fsp3) is 0.500. The molecule has 2 aromatic carbocycles. The van der Waals surface area contributed by atoms with Crippen LogP contribution in [0.15, 0.2) is 36.4 Å². The summed E-state index contributed by atoms with van der Waals surface area (Å²) in [6.07, 6.45) is 12.2. The molecule has 0 bridgehead atoms. The molecule has 1 N–H and O–H groups in total. The number of hydrogen-bond acceptors (Lipinski definition) is 3. The molecule has 4 heteroatoms. The number of phenols is 1. The highest BCUT2D eigenvalue weighted by Gasteiger charge is 2.14. The van der Waals surface area contributed by atoms with Gasteiger partial charge in [-0.25, -0.2) is 0 Å². The van der Waals surface area contributed by atoms with E-state index >= 15 is 0 Å². The van der Waals surface area contributed by atoms with Gasteiger partial charge in [-0.3, -0.25) is 0 Å². The predicted molar refractivity (Wildman–Crippen MR) is 116 cm³/mol. The maximum atomic E-state index is 10.9. The zero-order valence-electron chi connectivity index (χ0n) is 17.3. The quantitative estimate of drug-likeness (QED) is 0.394. The molecular formula is C24H33N3O. The van der Waals surface area contributed by atoms with Gasteiger partial charge < -0.3 is 5.11 Å².